The van der Waals surface area contributed by atoms with Crippen LogP contribution in [0.1, 0.15) is 38.7 Å². The summed E-state index contributed by atoms with van der Waals surface area (Å²) in [7, 11) is 0. The third-order valence-electron chi connectivity index (χ3n) is 3.12. The van der Waals surface area contributed by atoms with E-state index in [4.69, 9.17) is 0 Å². The molecule has 1 aromatic carbocycles. The van der Waals surface area contributed by atoms with E-state index in [1.807, 2.05) is 0 Å². The number of benzene rings is 1. The van der Waals surface area contributed by atoms with Gasteiger partial charge in [-0.1, -0.05) is 30.7 Å². The van der Waals surface area contributed by atoms with Gasteiger partial charge in [-0.3, -0.25) is 4.79 Å². The summed E-state index contributed by atoms with van der Waals surface area (Å²) in [6.07, 6.45) is 2.49. The zero-order chi connectivity index (χ0) is 13.8. The van der Waals surface area contributed by atoms with Gasteiger partial charge in [0.15, 0.2) is 4.80 Å². The quantitative estimate of drug-likeness (QED) is 0.839. The standard InChI is InChI=1S/C15H20N2OS/c1-4-6-7-14(18)16-15-17(5-2)12-9-8-11(3)10-13(12)19-15/h8-10H,4-7H2,1-3H3. The number of hydrogen-bond acceptors (Lipinski definition) is 2. The van der Waals surface area contributed by atoms with Crippen molar-refractivity contribution in [3.63, 3.8) is 0 Å². The molecular formula is C15H20N2OS. The van der Waals surface area contributed by atoms with E-state index in [0.717, 1.165) is 24.2 Å². The van der Waals surface area contributed by atoms with Crippen LogP contribution in [-0.4, -0.2) is 10.5 Å². The molecule has 102 valence electrons. The molecule has 0 aliphatic heterocycles. The number of unbranched alkanes of at least 4 members (excludes halogenated alkanes) is 1. The number of hydrogen-bond donors (Lipinski definition) is 0. The van der Waals surface area contributed by atoms with Gasteiger partial charge in [-0.25, -0.2) is 0 Å². The van der Waals surface area contributed by atoms with Crippen molar-refractivity contribution < 1.29 is 4.79 Å². The second-order valence-electron chi connectivity index (χ2n) is 4.71. The van der Waals surface area contributed by atoms with E-state index in [0.29, 0.717) is 6.42 Å². The van der Waals surface area contributed by atoms with E-state index in [9.17, 15) is 4.79 Å². The first-order valence-electron chi connectivity index (χ1n) is 6.83. The van der Waals surface area contributed by atoms with E-state index in [1.165, 1.54) is 15.8 Å². The predicted molar refractivity (Wildman–Crippen MR) is 80.3 cm³/mol. The fraction of sp³-hybridized carbons (Fsp3) is 0.467. The Hall–Kier alpha value is -1.42. The Balaban J connectivity index is 2.47. The molecule has 2 aromatic rings. The molecule has 0 spiro atoms. The lowest BCUT2D eigenvalue weighted by molar-refractivity contribution is -0.118. The van der Waals surface area contributed by atoms with Crippen LogP contribution in [0.2, 0.25) is 0 Å². The largest absolute Gasteiger partial charge is 0.317 e. The van der Waals surface area contributed by atoms with Crippen molar-refractivity contribution in [2.75, 3.05) is 0 Å². The van der Waals surface area contributed by atoms with E-state index in [1.54, 1.807) is 11.3 Å². The van der Waals surface area contributed by atoms with Gasteiger partial charge in [-0.05, 0) is 38.0 Å². The van der Waals surface area contributed by atoms with Crippen LogP contribution in [-0.2, 0) is 11.3 Å². The van der Waals surface area contributed by atoms with Crippen LogP contribution >= 0.6 is 11.3 Å². The number of rotatable bonds is 4. The Morgan fingerprint density at radius 1 is 1.37 bits per heavy atom. The van der Waals surface area contributed by atoms with Crippen molar-refractivity contribution in [1.29, 1.82) is 0 Å². The van der Waals surface area contributed by atoms with Crippen molar-refractivity contribution in [3.05, 3.63) is 28.6 Å². The Morgan fingerprint density at radius 3 is 2.84 bits per heavy atom. The normalized spacial score (nSPS) is 12.3. The summed E-state index contributed by atoms with van der Waals surface area (Å²) < 4.78 is 3.31. The molecular weight excluding hydrogens is 256 g/mol. The minimum absolute atomic E-state index is 0.00710. The Morgan fingerprint density at radius 2 is 2.16 bits per heavy atom. The van der Waals surface area contributed by atoms with Gasteiger partial charge in [0.25, 0.3) is 0 Å². The predicted octanol–water partition coefficient (Wildman–Crippen LogP) is 3.65. The number of amides is 1. The average molecular weight is 276 g/mol. The van der Waals surface area contributed by atoms with Gasteiger partial charge < -0.3 is 4.57 Å². The van der Waals surface area contributed by atoms with Gasteiger partial charge in [-0.15, -0.1) is 0 Å². The van der Waals surface area contributed by atoms with Crippen molar-refractivity contribution in [1.82, 2.24) is 4.57 Å². The molecule has 0 fully saturated rings. The Kier molecular flexibility index (Phi) is 4.53. The lowest BCUT2D eigenvalue weighted by Crippen LogP contribution is -2.15. The maximum Gasteiger partial charge on any atom is 0.248 e. The minimum atomic E-state index is -0.00710. The number of carbonyl (C=O) groups excluding carboxylic acids is 1. The summed E-state index contributed by atoms with van der Waals surface area (Å²) in [5.41, 5.74) is 2.40. The maximum absolute atomic E-state index is 11.8. The zero-order valence-corrected chi connectivity index (χ0v) is 12.6. The first kappa shape index (κ1) is 14.0. The van der Waals surface area contributed by atoms with E-state index in [2.05, 4.69) is 48.5 Å². The molecule has 19 heavy (non-hydrogen) atoms. The second-order valence-corrected chi connectivity index (χ2v) is 5.72. The molecule has 0 radical (unpaired) electrons. The Labute approximate surface area is 117 Å². The average Bonchev–Trinajstić information content (AvgIpc) is 2.72. The number of thiazole rings is 1. The highest BCUT2D eigenvalue weighted by molar-refractivity contribution is 7.16. The molecule has 0 unspecified atom stereocenters. The van der Waals surface area contributed by atoms with Crippen LogP contribution < -0.4 is 4.80 Å². The third kappa shape index (κ3) is 3.13. The summed E-state index contributed by atoms with van der Waals surface area (Å²) in [6, 6.07) is 6.37. The van der Waals surface area contributed by atoms with Gasteiger partial charge in [0, 0.05) is 13.0 Å². The third-order valence-corrected chi connectivity index (χ3v) is 4.16. The monoisotopic (exact) mass is 276 g/mol. The SMILES string of the molecule is CCCCC(=O)N=c1sc2cc(C)ccc2n1CC. The van der Waals surface area contributed by atoms with Crippen LogP contribution in [0.25, 0.3) is 10.2 Å². The van der Waals surface area contributed by atoms with Gasteiger partial charge in [-0.2, -0.15) is 4.99 Å². The number of nitrogens with zero attached hydrogens (tertiary/aromatic N) is 2. The number of aromatic nitrogens is 1. The summed E-state index contributed by atoms with van der Waals surface area (Å²) in [5.74, 6) is -0.00710. The van der Waals surface area contributed by atoms with E-state index < -0.39 is 0 Å². The molecule has 3 nitrogen and oxygen atoms in total. The Bertz CT molecular complexity index is 652. The number of fused-ring (bicyclic) bond motifs is 1. The molecule has 0 saturated carbocycles. The van der Waals surface area contributed by atoms with E-state index in [-0.39, 0.29) is 5.91 Å². The first-order valence-corrected chi connectivity index (χ1v) is 7.65. The summed E-state index contributed by atoms with van der Waals surface area (Å²) in [5, 5.41) is 0. The second kappa shape index (κ2) is 6.15. The van der Waals surface area contributed by atoms with Gasteiger partial charge in [0.05, 0.1) is 10.2 Å². The molecule has 0 N–H and O–H groups in total. The van der Waals surface area contributed by atoms with E-state index >= 15 is 0 Å². The minimum Gasteiger partial charge on any atom is -0.317 e. The molecule has 4 heteroatoms. The topological polar surface area (TPSA) is 34.4 Å². The molecule has 0 saturated heterocycles. The van der Waals surface area contributed by atoms with Crippen LogP contribution in [0, 0.1) is 6.92 Å². The maximum atomic E-state index is 11.8. The summed E-state index contributed by atoms with van der Waals surface area (Å²) >= 11 is 1.60. The highest BCUT2D eigenvalue weighted by Gasteiger charge is 2.06. The van der Waals surface area contributed by atoms with Crippen molar-refractivity contribution in [3.8, 4) is 0 Å². The smallest absolute Gasteiger partial charge is 0.248 e. The fourth-order valence-corrected chi connectivity index (χ4v) is 3.27. The molecule has 0 bridgehead atoms. The van der Waals surface area contributed by atoms with Crippen LogP contribution in [0.5, 0.6) is 0 Å². The van der Waals surface area contributed by atoms with Crippen LogP contribution in [0.4, 0.5) is 0 Å². The lowest BCUT2D eigenvalue weighted by atomic mass is 10.2. The first-order chi connectivity index (χ1) is 9.15. The molecule has 2 rings (SSSR count). The fourth-order valence-electron chi connectivity index (χ4n) is 2.06. The zero-order valence-electron chi connectivity index (χ0n) is 11.8. The molecule has 0 atom stereocenters. The van der Waals surface area contributed by atoms with Gasteiger partial charge in [0.2, 0.25) is 5.91 Å². The molecule has 0 aliphatic carbocycles. The summed E-state index contributed by atoms with van der Waals surface area (Å²) in [6.45, 7) is 7.09. The summed E-state index contributed by atoms with van der Waals surface area (Å²) in [4.78, 5) is 16.9. The van der Waals surface area contributed by atoms with Gasteiger partial charge >= 0.3 is 0 Å². The van der Waals surface area contributed by atoms with Crippen molar-refractivity contribution in [2.24, 2.45) is 4.99 Å². The molecule has 1 aromatic heterocycles. The number of aryl methyl sites for hydroxylation is 2. The van der Waals surface area contributed by atoms with Crippen molar-refractivity contribution >= 4 is 27.5 Å². The van der Waals surface area contributed by atoms with Crippen molar-refractivity contribution in [2.45, 2.75) is 46.6 Å². The highest BCUT2D eigenvalue weighted by atomic mass is 32.1. The molecule has 1 amide bonds. The van der Waals surface area contributed by atoms with Crippen LogP contribution in [0.15, 0.2) is 23.2 Å². The molecule has 0 aliphatic rings. The van der Waals surface area contributed by atoms with Gasteiger partial charge in [0.1, 0.15) is 0 Å². The van der Waals surface area contributed by atoms with Crippen LogP contribution in [0.3, 0.4) is 0 Å². The highest BCUT2D eigenvalue weighted by Crippen LogP contribution is 2.18. The lowest BCUT2D eigenvalue weighted by Gasteiger charge is -2.00. The molecule has 1 heterocycles. The number of carbonyl (C=O) groups is 1.